The maximum atomic E-state index is 11.6. The van der Waals surface area contributed by atoms with Crippen molar-refractivity contribution in [1.82, 2.24) is 10.2 Å². The van der Waals surface area contributed by atoms with Gasteiger partial charge in [0.2, 0.25) is 0 Å². The van der Waals surface area contributed by atoms with Crippen molar-refractivity contribution in [1.29, 1.82) is 0 Å². The van der Waals surface area contributed by atoms with Gasteiger partial charge in [0.1, 0.15) is 12.0 Å². The fourth-order valence-electron chi connectivity index (χ4n) is 7.95. The molecular weight excluding hydrogens is 388 g/mol. The number of carbonyl (C=O) groups is 1. The molecule has 9 atom stereocenters. The van der Waals surface area contributed by atoms with E-state index < -0.39 is 5.72 Å². The molecule has 9 unspecified atom stereocenters. The van der Waals surface area contributed by atoms with Crippen LogP contribution in [-0.2, 0) is 0 Å². The molecule has 6 aliphatic rings. The van der Waals surface area contributed by atoms with E-state index in [0.29, 0.717) is 17.5 Å². The van der Waals surface area contributed by atoms with Gasteiger partial charge in [-0.05, 0) is 37.2 Å². The van der Waals surface area contributed by atoms with Gasteiger partial charge in [-0.25, -0.2) is 0 Å². The monoisotopic (exact) mass is 422 g/mol. The Kier molecular flexibility index (Phi) is 4.53. The molecule has 5 nitrogen and oxygen atoms in total. The number of aldehydes is 1. The third kappa shape index (κ3) is 2.67. The SMILES string of the molecule is CC(c1ccc(C=O)cc1)C1C2C=CC3N1C3(O)C2CNC1CCC(O)C12CCCC2. The van der Waals surface area contributed by atoms with Gasteiger partial charge in [-0.3, -0.25) is 9.69 Å². The van der Waals surface area contributed by atoms with Crippen LogP contribution in [0.25, 0.3) is 0 Å². The van der Waals surface area contributed by atoms with Gasteiger partial charge in [-0.15, -0.1) is 0 Å². The highest BCUT2D eigenvalue weighted by molar-refractivity contribution is 5.74. The molecular formula is C26H34N2O3. The molecule has 31 heavy (non-hydrogen) atoms. The van der Waals surface area contributed by atoms with E-state index in [1.54, 1.807) is 0 Å². The molecule has 4 fully saturated rings. The van der Waals surface area contributed by atoms with E-state index in [0.717, 1.165) is 38.5 Å². The lowest BCUT2D eigenvalue weighted by molar-refractivity contribution is 0.0290. The minimum atomic E-state index is -0.728. The van der Waals surface area contributed by atoms with E-state index in [1.807, 2.05) is 12.1 Å². The van der Waals surface area contributed by atoms with Crippen molar-refractivity contribution >= 4 is 6.29 Å². The van der Waals surface area contributed by atoms with Gasteiger partial charge in [-0.1, -0.05) is 56.2 Å². The molecule has 3 aliphatic heterocycles. The first-order chi connectivity index (χ1) is 15.0. The van der Waals surface area contributed by atoms with Crippen LogP contribution in [0.5, 0.6) is 0 Å². The van der Waals surface area contributed by atoms with Crippen LogP contribution in [0.15, 0.2) is 36.4 Å². The van der Waals surface area contributed by atoms with Crippen molar-refractivity contribution in [2.75, 3.05) is 6.54 Å². The molecule has 5 heteroatoms. The van der Waals surface area contributed by atoms with Crippen molar-refractivity contribution < 1.29 is 15.0 Å². The Morgan fingerprint density at radius 2 is 1.94 bits per heavy atom. The summed E-state index contributed by atoms with van der Waals surface area (Å²) in [6, 6.07) is 8.68. The van der Waals surface area contributed by atoms with Crippen LogP contribution in [0.2, 0.25) is 0 Å². The topological polar surface area (TPSA) is 72.6 Å². The molecule has 2 saturated carbocycles. The fraction of sp³-hybridized carbons (Fsp3) is 0.654. The third-order valence-corrected chi connectivity index (χ3v) is 9.64. The molecule has 7 rings (SSSR count). The van der Waals surface area contributed by atoms with Gasteiger partial charge < -0.3 is 15.5 Å². The lowest BCUT2D eigenvalue weighted by Gasteiger charge is -2.38. The molecule has 0 radical (unpaired) electrons. The molecule has 3 N–H and O–H groups in total. The average molecular weight is 423 g/mol. The van der Waals surface area contributed by atoms with E-state index in [4.69, 9.17) is 0 Å². The Morgan fingerprint density at radius 1 is 1.19 bits per heavy atom. The summed E-state index contributed by atoms with van der Waals surface area (Å²) in [4.78, 5) is 13.3. The van der Waals surface area contributed by atoms with Crippen LogP contribution in [0.1, 0.15) is 67.3 Å². The smallest absolute Gasteiger partial charge is 0.150 e. The highest BCUT2D eigenvalue weighted by atomic mass is 16.3. The van der Waals surface area contributed by atoms with Crippen LogP contribution in [0.3, 0.4) is 0 Å². The summed E-state index contributed by atoms with van der Waals surface area (Å²) in [5, 5.41) is 26.1. The maximum Gasteiger partial charge on any atom is 0.150 e. The Hall–Kier alpha value is -1.53. The Labute approximate surface area is 184 Å². The summed E-state index contributed by atoms with van der Waals surface area (Å²) in [7, 11) is 0. The van der Waals surface area contributed by atoms with E-state index in [-0.39, 0.29) is 35.4 Å². The fourth-order valence-corrected chi connectivity index (χ4v) is 7.95. The second kappa shape index (κ2) is 6.98. The third-order valence-electron chi connectivity index (χ3n) is 9.64. The summed E-state index contributed by atoms with van der Waals surface area (Å²) >= 11 is 0. The molecule has 2 saturated heterocycles. The van der Waals surface area contributed by atoms with Gasteiger partial charge >= 0.3 is 0 Å². The standard InChI is InChI=1S/C26H34N2O3/c1-16(18-6-4-17(15-29)5-7-18)24-19-8-10-22-26(31,28(22)24)20(19)14-27-21-9-11-23(30)25(21)12-2-3-13-25/h4-8,10,15-16,19-24,27,30-31H,2-3,9,11-14H2,1H3. The van der Waals surface area contributed by atoms with Crippen molar-refractivity contribution in [2.24, 2.45) is 17.3 Å². The quantitative estimate of drug-likeness (QED) is 0.374. The second-order valence-corrected chi connectivity index (χ2v) is 10.8. The van der Waals surface area contributed by atoms with Crippen LogP contribution in [-0.4, -0.2) is 57.9 Å². The zero-order chi connectivity index (χ0) is 21.4. The number of aliphatic hydroxyl groups is 2. The summed E-state index contributed by atoms with van der Waals surface area (Å²) in [5.74, 6) is 0.779. The van der Waals surface area contributed by atoms with Crippen LogP contribution >= 0.6 is 0 Å². The largest absolute Gasteiger partial charge is 0.392 e. The van der Waals surface area contributed by atoms with Gasteiger partial charge in [0.15, 0.2) is 0 Å². The molecule has 0 amide bonds. The number of piperidine rings is 1. The zero-order valence-corrected chi connectivity index (χ0v) is 18.3. The molecule has 4 bridgehead atoms. The van der Waals surface area contributed by atoms with Crippen molar-refractivity contribution in [2.45, 2.75) is 81.3 Å². The Bertz CT molecular complexity index is 892. The molecule has 1 spiro atoms. The lowest BCUT2D eigenvalue weighted by Crippen LogP contribution is -2.49. The molecule has 3 heterocycles. The average Bonchev–Trinajstić information content (AvgIpc) is 3.11. The minimum Gasteiger partial charge on any atom is -0.392 e. The second-order valence-electron chi connectivity index (χ2n) is 10.8. The molecule has 0 aromatic heterocycles. The normalized spacial score (nSPS) is 44.7. The van der Waals surface area contributed by atoms with Crippen molar-refractivity contribution in [3.8, 4) is 0 Å². The summed E-state index contributed by atoms with van der Waals surface area (Å²) in [6.07, 6.45) is 11.9. The highest BCUT2D eigenvalue weighted by Crippen LogP contribution is 2.64. The Balaban J connectivity index is 1.20. The van der Waals surface area contributed by atoms with Crippen LogP contribution < -0.4 is 5.32 Å². The maximum absolute atomic E-state index is 11.6. The number of carbonyl (C=O) groups excluding carboxylic acids is 1. The molecule has 1 aromatic carbocycles. The molecule has 3 aliphatic carbocycles. The minimum absolute atomic E-state index is 0.0618. The van der Waals surface area contributed by atoms with Gasteiger partial charge in [0.25, 0.3) is 0 Å². The van der Waals surface area contributed by atoms with Gasteiger partial charge in [-0.2, -0.15) is 0 Å². The van der Waals surface area contributed by atoms with Crippen LogP contribution in [0.4, 0.5) is 0 Å². The number of rotatable bonds is 6. The number of nitrogens with zero attached hydrogens (tertiary/aromatic N) is 1. The summed E-state index contributed by atoms with van der Waals surface area (Å²) in [6.45, 7) is 3.06. The van der Waals surface area contributed by atoms with E-state index in [9.17, 15) is 15.0 Å². The van der Waals surface area contributed by atoms with E-state index >= 15 is 0 Å². The zero-order valence-electron chi connectivity index (χ0n) is 18.3. The van der Waals surface area contributed by atoms with E-state index in [2.05, 4.69) is 41.4 Å². The first-order valence-electron chi connectivity index (χ1n) is 12.2. The number of benzene rings is 1. The number of hydrogen-bond donors (Lipinski definition) is 3. The predicted molar refractivity (Wildman–Crippen MR) is 119 cm³/mol. The summed E-state index contributed by atoms with van der Waals surface area (Å²) in [5.41, 5.74) is 1.26. The molecule has 1 aromatic rings. The number of nitrogens with one attached hydrogen (secondary N) is 1. The van der Waals surface area contributed by atoms with Crippen molar-refractivity contribution in [3.05, 3.63) is 47.5 Å². The van der Waals surface area contributed by atoms with Crippen molar-refractivity contribution in [3.63, 3.8) is 0 Å². The van der Waals surface area contributed by atoms with E-state index in [1.165, 1.54) is 18.4 Å². The number of aliphatic hydroxyl groups excluding tert-OH is 1. The lowest BCUT2D eigenvalue weighted by atomic mass is 9.73. The first kappa shape index (κ1) is 20.1. The predicted octanol–water partition coefficient (Wildman–Crippen LogP) is 2.83. The van der Waals surface area contributed by atoms with Crippen LogP contribution in [0, 0.1) is 17.3 Å². The first-order valence-corrected chi connectivity index (χ1v) is 12.2. The highest BCUT2D eigenvalue weighted by Gasteiger charge is 2.77. The van der Waals surface area contributed by atoms with Gasteiger partial charge in [0, 0.05) is 41.4 Å². The van der Waals surface area contributed by atoms with Gasteiger partial charge in [0.05, 0.1) is 12.1 Å². The summed E-state index contributed by atoms with van der Waals surface area (Å²) < 4.78 is 0. The Morgan fingerprint density at radius 3 is 2.65 bits per heavy atom. The number of hydrogen-bond acceptors (Lipinski definition) is 5. The molecule has 166 valence electrons.